The molecule has 2 N–H and O–H groups in total. The fraction of sp³-hybridized carbons (Fsp3) is 0. The van der Waals surface area contributed by atoms with E-state index in [0.717, 1.165) is 15.7 Å². The lowest BCUT2D eigenvalue weighted by molar-refractivity contribution is 0.104. The molecule has 0 saturated carbocycles. The highest BCUT2D eigenvalue weighted by Crippen LogP contribution is 2.28. The van der Waals surface area contributed by atoms with Crippen molar-refractivity contribution >= 4 is 33.8 Å². The zero-order chi connectivity index (χ0) is 20.0. The second kappa shape index (κ2) is 6.42. The first-order valence-corrected chi connectivity index (χ1v) is 8.89. The first-order valence-electron chi connectivity index (χ1n) is 8.89. The zero-order valence-electron chi connectivity index (χ0n) is 15.0. The molecular weight excluding hydrogens is 368 g/mol. The quantitative estimate of drug-likeness (QED) is 0.452. The SMILES string of the molecule is O=C(c1c[nH]c2ncc(-c3cccnc3)cc12)c1cccc2c1ccn2C(=O)O. The normalized spacial score (nSPS) is 11.2. The third kappa shape index (κ3) is 2.68. The molecule has 4 aromatic heterocycles. The fourth-order valence-electron chi connectivity index (χ4n) is 3.56. The third-order valence-electron chi connectivity index (χ3n) is 4.95. The summed E-state index contributed by atoms with van der Waals surface area (Å²) in [4.78, 5) is 36.3. The molecule has 7 heteroatoms. The van der Waals surface area contributed by atoms with Crippen LogP contribution in [0.5, 0.6) is 0 Å². The van der Waals surface area contributed by atoms with Crippen LogP contribution in [0.1, 0.15) is 15.9 Å². The van der Waals surface area contributed by atoms with Crippen LogP contribution in [0.15, 0.2) is 73.4 Å². The van der Waals surface area contributed by atoms with Crippen molar-refractivity contribution in [3.05, 3.63) is 84.6 Å². The van der Waals surface area contributed by atoms with Gasteiger partial charge in [0.25, 0.3) is 0 Å². The van der Waals surface area contributed by atoms with Crippen LogP contribution in [0, 0.1) is 0 Å². The summed E-state index contributed by atoms with van der Waals surface area (Å²) < 4.78 is 1.10. The van der Waals surface area contributed by atoms with Crippen LogP contribution in [0.2, 0.25) is 0 Å². The van der Waals surface area contributed by atoms with Gasteiger partial charge in [0.2, 0.25) is 0 Å². The Balaban J connectivity index is 1.65. The van der Waals surface area contributed by atoms with E-state index in [2.05, 4.69) is 15.0 Å². The van der Waals surface area contributed by atoms with Gasteiger partial charge in [-0.2, -0.15) is 0 Å². The maximum absolute atomic E-state index is 13.3. The first kappa shape index (κ1) is 16.9. The number of carbonyl (C=O) groups excluding carboxylic acids is 1. The molecule has 0 aliphatic heterocycles. The van der Waals surface area contributed by atoms with E-state index in [9.17, 15) is 14.7 Å². The number of hydrogen-bond acceptors (Lipinski definition) is 4. The van der Waals surface area contributed by atoms with Crippen molar-refractivity contribution in [2.24, 2.45) is 0 Å². The lowest BCUT2D eigenvalue weighted by atomic mass is 9.99. The van der Waals surface area contributed by atoms with E-state index >= 15 is 0 Å². The molecule has 5 rings (SSSR count). The van der Waals surface area contributed by atoms with Crippen molar-refractivity contribution < 1.29 is 14.7 Å². The van der Waals surface area contributed by atoms with Crippen molar-refractivity contribution in [1.82, 2.24) is 19.5 Å². The van der Waals surface area contributed by atoms with Crippen LogP contribution < -0.4 is 0 Å². The minimum atomic E-state index is -1.10. The van der Waals surface area contributed by atoms with E-state index in [1.54, 1.807) is 49.1 Å². The molecule has 0 spiro atoms. The van der Waals surface area contributed by atoms with Gasteiger partial charge in [-0.1, -0.05) is 18.2 Å². The van der Waals surface area contributed by atoms with Crippen molar-refractivity contribution in [2.45, 2.75) is 0 Å². The van der Waals surface area contributed by atoms with Crippen molar-refractivity contribution in [3.63, 3.8) is 0 Å². The number of ketones is 1. The Morgan fingerprint density at radius 1 is 0.966 bits per heavy atom. The van der Waals surface area contributed by atoms with Crippen LogP contribution in [-0.4, -0.2) is 36.5 Å². The molecule has 0 fully saturated rings. The number of carboxylic acid groups (broad SMARTS) is 1. The minimum absolute atomic E-state index is 0.199. The highest BCUT2D eigenvalue weighted by Gasteiger charge is 2.19. The van der Waals surface area contributed by atoms with Gasteiger partial charge in [0.1, 0.15) is 5.65 Å². The number of pyridine rings is 2. The number of carbonyl (C=O) groups is 2. The zero-order valence-corrected chi connectivity index (χ0v) is 15.0. The number of aromatic amines is 1. The summed E-state index contributed by atoms with van der Waals surface area (Å²) in [6.07, 6.45) is 7.16. The Hall–Kier alpha value is -4.26. The van der Waals surface area contributed by atoms with Crippen LogP contribution in [0.3, 0.4) is 0 Å². The number of hydrogen-bond donors (Lipinski definition) is 2. The molecule has 7 nitrogen and oxygen atoms in total. The number of rotatable bonds is 3. The average molecular weight is 382 g/mol. The molecule has 29 heavy (non-hydrogen) atoms. The molecule has 0 aliphatic rings. The molecule has 0 bridgehead atoms. The maximum atomic E-state index is 13.3. The van der Waals surface area contributed by atoms with E-state index in [0.29, 0.717) is 33.1 Å². The van der Waals surface area contributed by atoms with E-state index in [1.165, 1.54) is 6.20 Å². The van der Waals surface area contributed by atoms with Gasteiger partial charge < -0.3 is 10.1 Å². The van der Waals surface area contributed by atoms with Crippen LogP contribution >= 0.6 is 0 Å². The predicted octanol–water partition coefficient (Wildman–Crippen LogP) is 4.34. The van der Waals surface area contributed by atoms with Gasteiger partial charge in [0.15, 0.2) is 5.78 Å². The predicted molar refractivity (Wildman–Crippen MR) is 108 cm³/mol. The smallest absolute Gasteiger partial charge is 0.415 e. The van der Waals surface area contributed by atoms with E-state index in [1.807, 2.05) is 18.2 Å². The number of fused-ring (bicyclic) bond motifs is 2. The highest BCUT2D eigenvalue weighted by atomic mass is 16.4. The highest BCUT2D eigenvalue weighted by molar-refractivity contribution is 6.21. The Kier molecular flexibility index (Phi) is 3.74. The molecule has 4 heterocycles. The molecule has 140 valence electrons. The van der Waals surface area contributed by atoms with Crippen molar-refractivity contribution in [3.8, 4) is 11.1 Å². The summed E-state index contributed by atoms with van der Waals surface area (Å²) >= 11 is 0. The molecule has 1 aromatic carbocycles. The standard InChI is InChI=1S/C22H14N4O3/c27-20(16-4-1-5-19-15(16)6-8-26(19)22(28)29)18-12-25-21-17(18)9-14(11-24-21)13-3-2-7-23-10-13/h1-12H,(H,24,25)(H,28,29). The van der Waals surface area contributed by atoms with Crippen LogP contribution in [0.4, 0.5) is 4.79 Å². The van der Waals surface area contributed by atoms with Gasteiger partial charge in [0.05, 0.1) is 5.52 Å². The summed E-state index contributed by atoms with van der Waals surface area (Å²) in [6.45, 7) is 0. The molecule has 0 aliphatic carbocycles. The average Bonchev–Trinajstić information content (AvgIpc) is 3.37. The fourth-order valence-corrected chi connectivity index (χ4v) is 3.56. The largest absolute Gasteiger partial charge is 0.464 e. The molecule has 0 amide bonds. The van der Waals surface area contributed by atoms with Gasteiger partial charge in [-0.3, -0.25) is 14.3 Å². The summed E-state index contributed by atoms with van der Waals surface area (Å²) in [7, 11) is 0. The Morgan fingerprint density at radius 3 is 2.66 bits per heavy atom. The van der Waals surface area contributed by atoms with Crippen LogP contribution in [-0.2, 0) is 0 Å². The first-order chi connectivity index (χ1) is 14.1. The van der Waals surface area contributed by atoms with Crippen molar-refractivity contribution in [1.29, 1.82) is 0 Å². The lowest BCUT2D eigenvalue weighted by Gasteiger charge is -2.05. The Bertz CT molecular complexity index is 1400. The van der Waals surface area contributed by atoms with Gasteiger partial charge in [-0.25, -0.2) is 9.78 Å². The second-order valence-corrected chi connectivity index (χ2v) is 6.60. The molecule has 0 radical (unpaired) electrons. The monoisotopic (exact) mass is 382 g/mol. The Morgan fingerprint density at radius 2 is 1.86 bits per heavy atom. The van der Waals surface area contributed by atoms with Crippen LogP contribution in [0.25, 0.3) is 33.1 Å². The molecule has 5 aromatic rings. The summed E-state index contributed by atoms with van der Waals surface area (Å²) in [6, 6.07) is 12.4. The summed E-state index contributed by atoms with van der Waals surface area (Å²) in [5.41, 5.74) is 3.76. The van der Waals surface area contributed by atoms with Crippen molar-refractivity contribution in [2.75, 3.05) is 0 Å². The third-order valence-corrected chi connectivity index (χ3v) is 4.95. The number of nitrogens with zero attached hydrogens (tertiary/aromatic N) is 3. The summed E-state index contributed by atoms with van der Waals surface area (Å²) in [5.74, 6) is -0.199. The maximum Gasteiger partial charge on any atom is 0.415 e. The van der Waals surface area contributed by atoms with Gasteiger partial charge in [0, 0.05) is 64.0 Å². The van der Waals surface area contributed by atoms with E-state index in [-0.39, 0.29) is 5.78 Å². The molecule has 0 atom stereocenters. The topological polar surface area (TPSA) is 101 Å². The number of H-pyrrole nitrogens is 1. The molecule has 0 unspecified atom stereocenters. The lowest BCUT2D eigenvalue weighted by Crippen LogP contribution is -2.06. The van der Waals surface area contributed by atoms with Gasteiger partial charge in [-0.05, 0) is 24.3 Å². The molecular formula is C22H14N4O3. The van der Waals surface area contributed by atoms with Gasteiger partial charge in [-0.15, -0.1) is 0 Å². The number of benzene rings is 1. The minimum Gasteiger partial charge on any atom is -0.464 e. The number of nitrogens with one attached hydrogen (secondary N) is 1. The second-order valence-electron chi connectivity index (χ2n) is 6.60. The summed E-state index contributed by atoms with van der Waals surface area (Å²) in [5, 5.41) is 10.6. The van der Waals surface area contributed by atoms with Gasteiger partial charge >= 0.3 is 6.09 Å². The van der Waals surface area contributed by atoms with E-state index < -0.39 is 6.09 Å². The Labute approximate surface area is 164 Å². The molecule has 0 saturated heterocycles. The number of aromatic nitrogens is 4. The van der Waals surface area contributed by atoms with E-state index in [4.69, 9.17) is 0 Å².